The van der Waals surface area contributed by atoms with Gasteiger partial charge in [-0.2, -0.15) is 0 Å². The normalized spacial score (nSPS) is 12.4. The van der Waals surface area contributed by atoms with Crippen molar-refractivity contribution >= 4 is 17.9 Å². The van der Waals surface area contributed by atoms with Crippen molar-refractivity contribution < 1.29 is 28.6 Å². The Bertz CT molecular complexity index is 1060. The molecule has 0 aromatic rings. The average Bonchev–Trinajstić information content (AvgIpc) is 3.34. The van der Waals surface area contributed by atoms with Crippen molar-refractivity contribution in [3.05, 3.63) is 0 Å². The van der Waals surface area contributed by atoms with Gasteiger partial charge in [-0.3, -0.25) is 14.4 Å². The molecule has 0 aromatic carbocycles. The van der Waals surface area contributed by atoms with Crippen LogP contribution in [0, 0.1) is 11.8 Å². The van der Waals surface area contributed by atoms with Gasteiger partial charge in [0.15, 0.2) is 6.10 Å². The summed E-state index contributed by atoms with van der Waals surface area (Å²) in [5, 5.41) is 0. The van der Waals surface area contributed by atoms with Crippen LogP contribution in [-0.4, -0.2) is 37.2 Å². The van der Waals surface area contributed by atoms with E-state index in [4.69, 9.17) is 14.2 Å². The highest BCUT2D eigenvalue weighted by Crippen LogP contribution is 2.19. The fraction of sp³-hybridized carbons (Fsp3) is 0.952. The molecule has 6 heteroatoms. The van der Waals surface area contributed by atoms with Crippen LogP contribution in [0.15, 0.2) is 0 Å². The molecule has 1 unspecified atom stereocenters. The standard InChI is InChI=1S/C63H122O6/c1-6-8-9-10-11-12-13-14-15-16-17-18-19-24-29-35-40-45-50-55-63(66)69-60(57-68-62(65)54-49-44-39-34-30-25-26-31-36-41-46-51-58(3)4)56-67-61(64)53-48-43-38-33-28-23-21-20-22-27-32-37-42-47-52-59(5)7-2/h58-60H,6-57H2,1-5H3/t59?,60-/m1/s1. The van der Waals surface area contributed by atoms with Crippen molar-refractivity contribution in [2.75, 3.05) is 13.2 Å². The zero-order chi connectivity index (χ0) is 50.4. The van der Waals surface area contributed by atoms with E-state index in [1.807, 2.05) is 0 Å². The second-order valence-corrected chi connectivity index (χ2v) is 22.4. The van der Waals surface area contributed by atoms with Gasteiger partial charge in [-0.1, -0.05) is 317 Å². The summed E-state index contributed by atoms with van der Waals surface area (Å²) in [5.74, 6) is 0.888. The zero-order valence-corrected chi connectivity index (χ0v) is 47.5. The van der Waals surface area contributed by atoms with Crippen molar-refractivity contribution in [3.63, 3.8) is 0 Å². The predicted octanol–water partition coefficient (Wildman–Crippen LogP) is 20.8. The lowest BCUT2D eigenvalue weighted by Crippen LogP contribution is -2.30. The van der Waals surface area contributed by atoms with Crippen LogP contribution in [-0.2, 0) is 28.6 Å². The molecule has 0 aliphatic rings. The molecule has 0 amide bonds. The number of hydrogen-bond donors (Lipinski definition) is 0. The molecule has 0 heterocycles. The Hall–Kier alpha value is -1.59. The average molecular weight is 976 g/mol. The molecule has 0 aliphatic carbocycles. The molecule has 0 bridgehead atoms. The van der Waals surface area contributed by atoms with Crippen LogP contribution in [0.4, 0.5) is 0 Å². The van der Waals surface area contributed by atoms with Crippen LogP contribution in [0.25, 0.3) is 0 Å². The Kier molecular flexibility index (Phi) is 54.4. The molecule has 0 aliphatic heterocycles. The van der Waals surface area contributed by atoms with E-state index >= 15 is 0 Å². The van der Waals surface area contributed by atoms with E-state index in [1.54, 1.807) is 0 Å². The molecule has 0 spiro atoms. The summed E-state index contributed by atoms with van der Waals surface area (Å²) in [6, 6.07) is 0. The quantitative estimate of drug-likeness (QED) is 0.0343. The minimum Gasteiger partial charge on any atom is -0.462 e. The van der Waals surface area contributed by atoms with E-state index in [0.717, 1.165) is 69.6 Å². The van der Waals surface area contributed by atoms with Gasteiger partial charge in [0.05, 0.1) is 0 Å². The molecule has 0 fully saturated rings. The maximum Gasteiger partial charge on any atom is 0.306 e. The fourth-order valence-electron chi connectivity index (χ4n) is 9.73. The summed E-state index contributed by atoms with van der Waals surface area (Å²) in [6.45, 7) is 11.5. The van der Waals surface area contributed by atoms with Crippen molar-refractivity contribution in [3.8, 4) is 0 Å². The first-order chi connectivity index (χ1) is 33.8. The van der Waals surface area contributed by atoms with Gasteiger partial charge in [0, 0.05) is 19.3 Å². The summed E-state index contributed by atoms with van der Waals surface area (Å²) >= 11 is 0. The van der Waals surface area contributed by atoms with Gasteiger partial charge in [0.2, 0.25) is 0 Å². The van der Waals surface area contributed by atoms with Gasteiger partial charge in [-0.25, -0.2) is 0 Å². The topological polar surface area (TPSA) is 78.9 Å². The van der Waals surface area contributed by atoms with Crippen LogP contribution < -0.4 is 0 Å². The first kappa shape index (κ1) is 67.4. The molecule has 0 saturated carbocycles. The molecular weight excluding hydrogens is 853 g/mol. The van der Waals surface area contributed by atoms with Crippen molar-refractivity contribution in [2.24, 2.45) is 11.8 Å². The number of hydrogen-bond acceptors (Lipinski definition) is 6. The number of carbonyl (C=O) groups excluding carboxylic acids is 3. The van der Waals surface area contributed by atoms with Gasteiger partial charge in [0.1, 0.15) is 13.2 Å². The Morgan fingerprint density at radius 1 is 0.304 bits per heavy atom. The highest BCUT2D eigenvalue weighted by atomic mass is 16.6. The molecular formula is C63H122O6. The maximum absolute atomic E-state index is 12.9. The van der Waals surface area contributed by atoms with E-state index in [9.17, 15) is 14.4 Å². The van der Waals surface area contributed by atoms with Gasteiger partial charge >= 0.3 is 17.9 Å². The lowest BCUT2D eigenvalue weighted by molar-refractivity contribution is -0.167. The summed E-state index contributed by atoms with van der Waals surface area (Å²) in [5.41, 5.74) is 0. The largest absolute Gasteiger partial charge is 0.462 e. The molecule has 410 valence electrons. The highest BCUT2D eigenvalue weighted by Gasteiger charge is 2.19. The van der Waals surface area contributed by atoms with Gasteiger partial charge in [-0.15, -0.1) is 0 Å². The molecule has 0 aromatic heterocycles. The van der Waals surface area contributed by atoms with Crippen LogP contribution in [0.1, 0.15) is 356 Å². The third-order valence-corrected chi connectivity index (χ3v) is 14.8. The molecule has 0 N–H and O–H groups in total. The first-order valence-corrected chi connectivity index (χ1v) is 31.3. The lowest BCUT2D eigenvalue weighted by Gasteiger charge is -2.18. The number of carbonyl (C=O) groups is 3. The Morgan fingerprint density at radius 2 is 0.551 bits per heavy atom. The van der Waals surface area contributed by atoms with Gasteiger partial charge < -0.3 is 14.2 Å². The number of unbranched alkanes of at least 4 members (excludes halogenated alkanes) is 41. The zero-order valence-electron chi connectivity index (χ0n) is 47.5. The third-order valence-electron chi connectivity index (χ3n) is 14.8. The SMILES string of the molecule is CCCCCCCCCCCCCCCCCCCCCC(=O)O[C@H](COC(=O)CCCCCCCCCCCCCCCCC(C)CC)COC(=O)CCCCCCCCCCCCCC(C)C. The van der Waals surface area contributed by atoms with E-state index < -0.39 is 6.10 Å². The van der Waals surface area contributed by atoms with E-state index in [1.165, 1.54) is 244 Å². The van der Waals surface area contributed by atoms with Crippen LogP contribution in [0.3, 0.4) is 0 Å². The fourth-order valence-corrected chi connectivity index (χ4v) is 9.73. The predicted molar refractivity (Wildman–Crippen MR) is 298 cm³/mol. The van der Waals surface area contributed by atoms with Crippen LogP contribution >= 0.6 is 0 Å². The molecule has 0 rings (SSSR count). The van der Waals surface area contributed by atoms with E-state index in [0.29, 0.717) is 19.3 Å². The second-order valence-electron chi connectivity index (χ2n) is 22.4. The monoisotopic (exact) mass is 975 g/mol. The highest BCUT2D eigenvalue weighted by molar-refractivity contribution is 5.71. The molecule has 2 atom stereocenters. The molecule has 0 saturated heterocycles. The number of esters is 3. The minimum absolute atomic E-state index is 0.0623. The van der Waals surface area contributed by atoms with E-state index in [2.05, 4.69) is 34.6 Å². The Balaban J connectivity index is 4.28. The summed E-state index contributed by atoms with van der Waals surface area (Å²) in [6.07, 6.45) is 60.9. The first-order valence-electron chi connectivity index (χ1n) is 31.3. The number of ether oxygens (including phenoxy) is 3. The second kappa shape index (κ2) is 55.7. The summed E-state index contributed by atoms with van der Waals surface area (Å²) in [7, 11) is 0. The molecule has 0 radical (unpaired) electrons. The smallest absolute Gasteiger partial charge is 0.306 e. The Labute approximate surface area is 431 Å². The number of rotatable bonds is 57. The summed E-state index contributed by atoms with van der Waals surface area (Å²) in [4.78, 5) is 38.3. The van der Waals surface area contributed by atoms with Crippen LogP contribution in [0.2, 0.25) is 0 Å². The van der Waals surface area contributed by atoms with Crippen molar-refractivity contribution in [1.29, 1.82) is 0 Å². The summed E-state index contributed by atoms with van der Waals surface area (Å²) < 4.78 is 16.9. The Morgan fingerprint density at radius 3 is 0.826 bits per heavy atom. The van der Waals surface area contributed by atoms with Gasteiger partial charge in [-0.05, 0) is 31.1 Å². The third kappa shape index (κ3) is 55.6. The lowest BCUT2D eigenvalue weighted by atomic mass is 9.99. The minimum atomic E-state index is -0.764. The maximum atomic E-state index is 12.9. The van der Waals surface area contributed by atoms with E-state index in [-0.39, 0.29) is 31.1 Å². The van der Waals surface area contributed by atoms with Crippen molar-refractivity contribution in [1.82, 2.24) is 0 Å². The van der Waals surface area contributed by atoms with Gasteiger partial charge in [0.25, 0.3) is 0 Å². The van der Waals surface area contributed by atoms with Crippen molar-refractivity contribution in [2.45, 2.75) is 362 Å². The molecule has 6 nitrogen and oxygen atoms in total. The molecule has 69 heavy (non-hydrogen) atoms. The van der Waals surface area contributed by atoms with Crippen LogP contribution in [0.5, 0.6) is 0 Å².